The van der Waals surface area contributed by atoms with Gasteiger partial charge in [-0.25, -0.2) is 0 Å². The number of nitrogens with one attached hydrogen (secondary N) is 2. The molecule has 2 N–H and O–H groups in total. The number of carbonyl (C=O) groups is 2. The molecule has 0 bridgehead atoms. The maximum Gasteiger partial charge on any atom is 0.257 e. The Morgan fingerprint density at radius 2 is 1.75 bits per heavy atom. The van der Waals surface area contributed by atoms with Crippen LogP contribution >= 0.6 is 0 Å². The van der Waals surface area contributed by atoms with Crippen molar-refractivity contribution in [1.29, 1.82) is 0 Å². The third-order valence-electron chi connectivity index (χ3n) is 4.58. The first kappa shape index (κ1) is 20.0. The molecule has 0 aliphatic carbocycles. The van der Waals surface area contributed by atoms with Gasteiger partial charge in [0, 0.05) is 18.8 Å². The number of benzene rings is 2. The van der Waals surface area contributed by atoms with Crippen molar-refractivity contribution in [3.8, 4) is 0 Å². The Morgan fingerprint density at radius 1 is 1.04 bits per heavy atom. The molecule has 28 heavy (non-hydrogen) atoms. The molecule has 1 saturated heterocycles. The van der Waals surface area contributed by atoms with Crippen LogP contribution in [0.15, 0.2) is 48.5 Å². The summed E-state index contributed by atoms with van der Waals surface area (Å²) < 4.78 is 5.71. The Bertz CT molecular complexity index is 842. The zero-order chi connectivity index (χ0) is 20.1. The van der Waals surface area contributed by atoms with Gasteiger partial charge >= 0.3 is 0 Å². The van der Waals surface area contributed by atoms with Gasteiger partial charge in [0.1, 0.15) is 0 Å². The van der Waals surface area contributed by atoms with Gasteiger partial charge in [0.25, 0.3) is 5.91 Å². The van der Waals surface area contributed by atoms with Gasteiger partial charge in [0.15, 0.2) is 0 Å². The van der Waals surface area contributed by atoms with E-state index in [1.165, 1.54) is 0 Å². The Balaban J connectivity index is 1.66. The molecule has 1 fully saturated rings. The van der Waals surface area contributed by atoms with Crippen LogP contribution in [0.1, 0.15) is 29.8 Å². The fraction of sp³-hybridized carbons (Fsp3) is 0.364. The molecule has 6 nitrogen and oxygen atoms in total. The number of ether oxygens (including phenoxy) is 1. The monoisotopic (exact) mass is 381 g/mol. The molecule has 3 rings (SSSR count). The van der Waals surface area contributed by atoms with E-state index < -0.39 is 0 Å². The molecule has 0 aromatic heterocycles. The third kappa shape index (κ3) is 5.41. The molecule has 2 aromatic rings. The summed E-state index contributed by atoms with van der Waals surface area (Å²) in [5.74, 6) is -0.396. The van der Waals surface area contributed by atoms with Gasteiger partial charge in [-0.3, -0.25) is 14.5 Å². The molecular weight excluding hydrogens is 354 g/mol. The predicted molar refractivity (Wildman–Crippen MR) is 111 cm³/mol. The minimum Gasteiger partial charge on any atom is -0.373 e. The van der Waals surface area contributed by atoms with Crippen molar-refractivity contribution < 1.29 is 14.3 Å². The molecular formula is C22H27N3O3. The molecule has 1 aliphatic heterocycles. The summed E-state index contributed by atoms with van der Waals surface area (Å²) in [6.45, 7) is 7.68. The van der Waals surface area contributed by atoms with Crippen LogP contribution in [0.5, 0.6) is 0 Å². The highest BCUT2D eigenvalue weighted by molar-refractivity contribution is 6.10. The van der Waals surface area contributed by atoms with Crippen LogP contribution < -0.4 is 10.6 Å². The molecule has 2 atom stereocenters. The lowest BCUT2D eigenvalue weighted by Crippen LogP contribution is -2.48. The van der Waals surface area contributed by atoms with Crippen molar-refractivity contribution in [2.75, 3.05) is 30.3 Å². The van der Waals surface area contributed by atoms with Crippen LogP contribution in [0.2, 0.25) is 0 Å². The summed E-state index contributed by atoms with van der Waals surface area (Å²) in [5.41, 5.74) is 2.73. The number of rotatable bonds is 5. The molecule has 1 aliphatic rings. The van der Waals surface area contributed by atoms with E-state index in [9.17, 15) is 9.59 Å². The predicted octanol–water partition coefficient (Wildman–Crippen LogP) is 3.30. The Hall–Kier alpha value is -2.70. The minimum absolute atomic E-state index is 0.101. The number of aryl methyl sites for hydroxylation is 1. The first-order valence-electron chi connectivity index (χ1n) is 9.55. The molecule has 2 unspecified atom stereocenters. The smallest absolute Gasteiger partial charge is 0.257 e. The van der Waals surface area contributed by atoms with Crippen LogP contribution in [0, 0.1) is 6.92 Å². The quantitative estimate of drug-likeness (QED) is 0.834. The van der Waals surface area contributed by atoms with Gasteiger partial charge in [-0.15, -0.1) is 0 Å². The second kappa shape index (κ2) is 8.99. The van der Waals surface area contributed by atoms with E-state index in [1.807, 2.05) is 45.0 Å². The average molecular weight is 381 g/mol. The van der Waals surface area contributed by atoms with Gasteiger partial charge in [-0.05, 0) is 50.6 Å². The molecule has 6 heteroatoms. The van der Waals surface area contributed by atoms with E-state index in [-0.39, 0.29) is 30.6 Å². The average Bonchev–Trinajstić information content (AvgIpc) is 2.61. The minimum atomic E-state index is -0.255. The molecule has 2 aromatic carbocycles. The molecule has 1 heterocycles. The van der Waals surface area contributed by atoms with Crippen molar-refractivity contribution in [3.63, 3.8) is 0 Å². The number of morpholine rings is 1. The van der Waals surface area contributed by atoms with Crippen molar-refractivity contribution in [2.45, 2.75) is 33.0 Å². The van der Waals surface area contributed by atoms with Gasteiger partial charge in [-0.2, -0.15) is 0 Å². The fourth-order valence-electron chi connectivity index (χ4n) is 3.52. The van der Waals surface area contributed by atoms with E-state index in [0.717, 1.165) is 11.3 Å². The lowest BCUT2D eigenvalue weighted by Gasteiger charge is -2.34. The summed E-state index contributed by atoms with van der Waals surface area (Å²) in [7, 11) is 0. The van der Waals surface area contributed by atoms with Crippen molar-refractivity contribution in [1.82, 2.24) is 4.90 Å². The highest BCUT2D eigenvalue weighted by Crippen LogP contribution is 2.18. The van der Waals surface area contributed by atoms with Crippen molar-refractivity contribution in [3.05, 3.63) is 59.7 Å². The number of nitrogens with zero attached hydrogens (tertiary/aromatic N) is 1. The highest BCUT2D eigenvalue weighted by atomic mass is 16.5. The fourth-order valence-corrected chi connectivity index (χ4v) is 3.52. The normalized spacial score (nSPS) is 19.8. The van der Waals surface area contributed by atoms with Gasteiger partial charge in [0.2, 0.25) is 5.91 Å². The number of amides is 2. The van der Waals surface area contributed by atoms with Gasteiger partial charge in [-0.1, -0.05) is 24.3 Å². The van der Waals surface area contributed by atoms with E-state index >= 15 is 0 Å². The highest BCUT2D eigenvalue weighted by Gasteiger charge is 2.24. The Labute approximate surface area is 165 Å². The van der Waals surface area contributed by atoms with Crippen LogP contribution in [0.25, 0.3) is 0 Å². The molecule has 0 saturated carbocycles. The number of hydrogen-bond acceptors (Lipinski definition) is 4. The Kier molecular flexibility index (Phi) is 6.44. The summed E-state index contributed by atoms with van der Waals surface area (Å²) >= 11 is 0. The zero-order valence-corrected chi connectivity index (χ0v) is 16.6. The topological polar surface area (TPSA) is 70.7 Å². The van der Waals surface area contributed by atoms with Crippen LogP contribution in [0.4, 0.5) is 11.4 Å². The van der Waals surface area contributed by atoms with Gasteiger partial charge < -0.3 is 15.4 Å². The second-order valence-electron chi connectivity index (χ2n) is 7.37. The number of carbonyl (C=O) groups excluding carboxylic acids is 2. The second-order valence-corrected chi connectivity index (χ2v) is 7.37. The number of anilines is 2. The van der Waals surface area contributed by atoms with Crippen LogP contribution in [-0.4, -0.2) is 48.6 Å². The third-order valence-corrected chi connectivity index (χ3v) is 4.58. The molecule has 148 valence electrons. The summed E-state index contributed by atoms with van der Waals surface area (Å²) in [6, 6.07) is 14.6. The summed E-state index contributed by atoms with van der Waals surface area (Å²) in [4.78, 5) is 27.3. The first-order valence-corrected chi connectivity index (χ1v) is 9.55. The number of para-hydroxylation sites is 1. The van der Waals surface area contributed by atoms with Crippen LogP contribution in [0.3, 0.4) is 0 Å². The molecule has 0 radical (unpaired) electrons. The van der Waals surface area contributed by atoms with E-state index in [4.69, 9.17) is 4.74 Å². The molecule has 2 amide bonds. The first-order chi connectivity index (χ1) is 13.4. The summed E-state index contributed by atoms with van der Waals surface area (Å²) in [6.07, 6.45) is 0.202. The van der Waals surface area contributed by atoms with Gasteiger partial charge in [0.05, 0.1) is 30.0 Å². The van der Waals surface area contributed by atoms with Crippen LogP contribution in [-0.2, 0) is 9.53 Å². The molecule has 0 spiro atoms. The maximum atomic E-state index is 12.7. The summed E-state index contributed by atoms with van der Waals surface area (Å²) in [5, 5.41) is 5.77. The maximum absolute atomic E-state index is 12.7. The zero-order valence-electron chi connectivity index (χ0n) is 16.6. The largest absolute Gasteiger partial charge is 0.373 e. The van der Waals surface area contributed by atoms with Crippen molar-refractivity contribution in [2.24, 2.45) is 0 Å². The van der Waals surface area contributed by atoms with Crippen molar-refractivity contribution >= 4 is 23.2 Å². The Morgan fingerprint density at radius 3 is 2.46 bits per heavy atom. The lowest BCUT2D eigenvalue weighted by molar-refractivity contribution is -0.121. The van der Waals surface area contributed by atoms with E-state index in [2.05, 4.69) is 15.5 Å². The standard InChI is InChI=1S/C22H27N3O3/c1-15-7-6-8-18(11-15)23-22(27)19-9-4-5-10-20(19)24-21(26)14-25-12-16(2)28-17(3)13-25/h4-11,16-17H,12-14H2,1-3H3,(H,23,27)(H,24,26). The van der Waals surface area contributed by atoms with E-state index in [0.29, 0.717) is 24.3 Å². The number of hydrogen-bond donors (Lipinski definition) is 2. The van der Waals surface area contributed by atoms with E-state index in [1.54, 1.807) is 24.3 Å². The SMILES string of the molecule is Cc1cccc(NC(=O)c2ccccc2NC(=O)CN2CC(C)OC(C)C2)c1. The lowest BCUT2D eigenvalue weighted by atomic mass is 10.1.